The summed E-state index contributed by atoms with van der Waals surface area (Å²) in [4.78, 5) is 2.01. The lowest BCUT2D eigenvalue weighted by Crippen LogP contribution is -2.41. The maximum atomic E-state index is 9.35. The monoisotopic (exact) mass is 252 g/mol. The summed E-state index contributed by atoms with van der Waals surface area (Å²) in [5.41, 5.74) is 7.05. The van der Waals surface area contributed by atoms with E-state index in [4.69, 9.17) is 10.5 Å². The van der Waals surface area contributed by atoms with Gasteiger partial charge < -0.3 is 20.5 Å². The zero-order chi connectivity index (χ0) is 13.5. The first-order valence-electron chi connectivity index (χ1n) is 6.39. The van der Waals surface area contributed by atoms with Gasteiger partial charge in [-0.2, -0.15) is 0 Å². The summed E-state index contributed by atoms with van der Waals surface area (Å²) in [6, 6.07) is 7.63. The van der Waals surface area contributed by atoms with Gasteiger partial charge in [0, 0.05) is 31.9 Å². The highest BCUT2D eigenvalue weighted by atomic mass is 16.5. The highest BCUT2D eigenvalue weighted by molar-refractivity contribution is 5.49. The molecule has 0 radical (unpaired) electrons. The molecule has 2 unspecified atom stereocenters. The molecule has 0 fully saturated rings. The van der Waals surface area contributed by atoms with Crippen molar-refractivity contribution in [1.82, 2.24) is 0 Å². The van der Waals surface area contributed by atoms with Crippen LogP contribution in [0.1, 0.15) is 19.8 Å². The molecule has 0 spiro atoms. The minimum absolute atomic E-state index is 0.0621. The minimum Gasteiger partial charge on any atom is -0.486 e. The Morgan fingerprint density at radius 3 is 2.67 bits per heavy atom. The van der Waals surface area contributed by atoms with Crippen LogP contribution in [-0.2, 0) is 0 Å². The molecule has 102 valence electrons. The standard InChI is InChI=1S/C14H24N2O2/c1-4-6-13(15)14(10-17)18-12-8-5-7-11(9-12)16(2)3/h5,7-9,13-14,17H,4,6,10,15H2,1-3H3. The van der Waals surface area contributed by atoms with Crippen LogP contribution in [-0.4, -0.2) is 38.0 Å². The van der Waals surface area contributed by atoms with E-state index in [1.165, 1.54) is 0 Å². The van der Waals surface area contributed by atoms with Crippen molar-refractivity contribution < 1.29 is 9.84 Å². The van der Waals surface area contributed by atoms with E-state index in [1.54, 1.807) is 0 Å². The van der Waals surface area contributed by atoms with Crippen LogP contribution in [0.4, 0.5) is 5.69 Å². The molecular formula is C14H24N2O2. The molecular weight excluding hydrogens is 228 g/mol. The molecule has 1 aromatic carbocycles. The Hall–Kier alpha value is -1.26. The highest BCUT2D eigenvalue weighted by Crippen LogP contribution is 2.21. The van der Waals surface area contributed by atoms with Gasteiger partial charge in [-0.05, 0) is 18.6 Å². The van der Waals surface area contributed by atoms with Crippen LogP contribution in [0.15, 0.2) is 24.3 Å². The Bertz CT molecular complexity index is 355. The van der Waals surface area contributed by atoms with E-state index in [-0.39, 0.29) is 18.8 Å². The number of ether oxygens (including phenoxy) is 1. The summed E-state index contributed by atoms with van der Waals surface area (Å²) in [5, 5.41) is 9.35. The summed E-state index contributed by atoms with van der Waals surface area (Å²) >= 11 is 0. The summed E-state index contributed by atoms with van der Waals surface area (Å²) in [7, 11) is 3.96. The number of aliphatic hydroxyl groups excluding tert-OH is 1. The molecule has 0 bridgehead atoms. The van der Waals surface area contributed by atoms with Crippen LogP contribution in [0.5, 0.6) is 5.75 Å². The lowest BCUT2D eigenvalue weighted by atomic mass is 10.1. The molecule has 4 heteroatoms. The predicted octanol–water partition coefficient (Wildman–Crippen LogP) is 1.62. The van der Waals surface area contributed by atoms with Gasteiger partial charge in [-0.25, -0.2) is 0 Å². The molecule has 1 rings (SSSR count). The smallest absolute Gasteiger partial charge is 0.137 e. The first-order chi connectivity index (χ1) is 8.58. The van der Waals surface area contributed by atoms with Crippen molar-refractivity contribution in [3.05, 3.63) is 24.3 Å². The quantitative estimate of drug-likeness (QED) is 0.774. The van der Waals surface area contributed by atoms with Crippen molar-refractivity contribution in [3.63, 3.8) is 0 Å². The molecule has 0 saturated heterocycles. The number of hydrogen-bond acceptors (Lipinski definition) is 4. The number of anilines is 1. The van der Waals surface area contributed by atoms with Crippen molar-refractivity contribution in [2.24, 2.45) is 5.73 Å². The number of aliphatic hydroxyl groups is 1. The maximum absolute atomic E-state index is 9.35. The van der Waals surface area contributed by atoms with Crippen molar-refractivity contribution in [1.29, 1.82) is 0 Å². The molecule has 0 heterocycles. The van der Waals surface area contributed by atoms with E-state index in [1.807, 2.05) is 43.3 Å². The number of hydrogen-bond donors (Lipinski definition) is 2. The molecule has 1 aromatic rings. The predicted molar refractivity (Wildman–Crippen MR) is 75.2 cm³/mol. The number of rotatable bonds is 7. The molecule has 0 aromatic heterocycles. The first kappa shape index (κ1) is 14.8. The Balaban J connectivity index is 2.72. The van der Waals surface area contributed by atoms with E-state index in [2.05, 4.69) is 6.92 Å². The topological polar surface area (TPSA) is 58.7 Å². The molecule has 3 N–H and O–H groups in total. The zero-order valence-electron chi connectivity index (χ0n) is 11.5. The Morgan fingerprint density at radius 1 is 1.39 bits per heavy atom. The van der Waals surface area contributed by atoms with Gasteiger partial charge in [0.2, 0.25) is 0 Å². The van der Waals surface area contributed by atoms with E-state index in [0.29, 0.717) is 0 Å². The number of benzene rings is 1. The Kier molecular flexibility index (Phi) is 5.95. The van der Waals surface area contributed by atoms with Gasteiger partial charge >= 0.3 is 0 Å². The van der Waals surface area contributed by atoms with E-state index >= 15 is 0 Å². The highest BCUT2D eigenvalue weighted by Gasteiger charge is 2.18. The second-order valence-corrected chi connectivity index (χ2v) is 4.68. The Labute approximate surface area is 109 Å². The molecule has 18 heavy (non-hydrogen) atoms. The van der Waals surface area contributed by atoms with Gasteiger partial charge in [0.1, 0.15) is 11.9 Å². The molecule has 0 aliphatic carbocycles. The van der Waals surface area contributed by atoms with E-state index < -0.39 is 0 Å². The third-order valence-corrected chi connectivity index (χ3v) is 2.90. The van der Waals surface area contributed by atoms with Crippen LogP contribution >= 0.6 is 0 Å². The zero-order valence-corrected chi connectivity index (χ0v) is 11.5. The average molecular weight is 252 g/mol. The fourth-order valence-electron chi connectivity index (χ4n) is 1.79. The Morgan fingerprint density at radius 2 is 2.11 bits per heavy atom. The molecule has 2 atom stereocenters. The van der Waals surface area contributed by atoms with Crippen LogP contribution < -0.4 is 15.4 Å². The number of nitrogens with zero attached hydrogens (tertiary/aromatic N) is 1. The molecule has 0 aliphatic heterocycles. The van der Waals surface area contributed by atoms with Gasteiger partial charge in [-0.3, -0.25) is 0 Å². The van der Waals surface area contributed by atoms with E-state index in [9.17, 15) is 5.11 Å². The van der Waals surface area contributed by atoms with Gasteiger partial charge in [0.15, 0.2) is 0 Å². The molecule has 0 aliphatic rings. The van der Waals surface area contributed by atoms with Gasteiger partial charge in [0.25, 0.3) is 0 Å². The summed E-state index contributed by atoms with van der Waals surface area (Å²) < 4.78 is 5.77. The van der Waals surface area contributed by atoms with Crippen molar-refractivity contribution in [2.75, 3.05) is 25.6 Å². The second kappa shape index (κ2) is 7.24. The second-order valence-electron chi connectivity index (χ2n) is 4.68. The lowest BCUT2D eigenvalue weighted by molar-refractivity contribution is 0.0917. The van der Waals surface area contributed by atoms with Gasteiger partial charge in [-0.1, -0.05) is 19.4 Å². The van der Waals surface area contributed by atoms with Crippen LogP contribution in [0.2, 0.25) is 0 Å². The fraction of sp³-hybridized carbons (Fsp3) is 0.571. The van der Waals surface area contributed by atoms with Crippen LogP contribution in [0.25, 0.3) is 0 Å². The molecule has 4 nitrogen and oxygen atoms in total. The summed E-state index contributed by atoms with van der Waals surface area (Å²) in [5.74, 6) is 0.742. The van der Waals surface area contributed by atoms with E-state index in [0.717, 1.165) is 24.3 Å². The fourth-order valence-corrected chi connectivity index (χ4v) is 1.79. The molecule has 0 saturated carbocycles. The third-order valence-electron chi connectivity index (χ3n) is 2.90. The van der Waals surface area contributed by atoms with Crippen molar-refractivity contribution in [2.45, 2.75) is 31.9 Å². The van der Waals surface area contributed by atoms with Crippen LogP contribution in [0, 0.1) is 0 Å². The normalized spacial score (nSPS) is 14.1. The largest absolute Gasteiger partial charge is 0.486 e. The summed E-state index contributed by atoms with van der Waals surface area (Å²) in [6.07, 6.45) is 1.49. The first-order valence-corrected chi connectivity index (χ1v) is 6.39. The third kappa shape index (κ3) is 4.20. The lowest BCUT2D eigenvalue weighted by Gasteiger charge is -2.23. The van der Waals surface area contributed by atoms with Crippen molar-refractivity contribution >= 4 is 5.69 Å². The summed E-state index contributed by atoms with van der Waals surface area (Å²) in [6.45, 7) is 2.01. The maximum Gasteiger partial charge on any atom is 0.137 e. The minimum atomic E-state index is -0.345. The van der Waals surface area contributed by atoms with Crippen molar-refractivity contribution in [3.8, 4) is 5.75 Å². The van der Waals surface area contributed by atoms with Crippen LogP contribution in [0.3, 0.4) is 0 Å². The molecule has 0 amide bonds. The average Bonchev–Trinajstić information content (AvgIpc) is 2.36. The SMILES string of the molecule is CCCC(N)C(CO)Oc1cccc(N(C)C)c1. The number of nitrogens with two attached hydrogens (primary N) is 1. The van der Waals surface area contributed by atoms with Gasteiger partial charge in [0.05, 0.1) is 6.61 Å². The van der Waals surface area contributed by atoms with Gasteiger partial charge in [-0.15, -0.1) is 0 Å².